The highest BCUT2D eigenvalue weighted by molar-refractivity contribution is 5.28. The lowest BCUT2D eigenvalue weighted by molar-refractivity contribution is 0.196. The Hall–Kier alpha value is -1.06. The summed E-state index contributed by atoms with van der Waals surface area (Å²) >= 11 is 0. The zero-order chi connectivity index (χ0) is 15.5. The van der Waals surface area contributed by atoms with E-state index in [0.29, 0.717) is 5.92 Å². The summed E-state index contributed by atoms with van der Waals surface area (Å²) in [4.78, 5) is 0. The summed E-state index contributed by atoms with van der Waals surface area (Å²) in [6.07, 6.45) is 3.60. The Kier molecular flexibility index (Phi) is 9.11. The molecule has 0 radical (unpaired) electrons. The number of ether oxygens (including phenoxy) is 2. The third-order valence-corrected chi connectivity index (χ3v) is 4.01. The van der Waals surface area contributed by atoms with Crippen molar-refractivity contribution in [3.05, 3.63) is 29.8 Å². The monoisotopic (exact) mass is 293 g/mol. The van der Waals surface area contributed by atoms with E-state index in [2.05, 4.69) is 37.4 Å². The highest BCUT2D eigenvalue weighted by atomic mass is 16.5. The number of nitrogens with one attached hydrogen (secondary N) is 1. The zero-order valence-electron chi connectivity index (χ0n) is 14.0. The van der Waals surface area contributed by atoms with Crippen LogP contribution in [0.25, 0.3) is 0 Å². The first kappa shape index (κ1) is 18.0. The van der Waals surface area contributed by atoms with Crippen molar-refractivity contribution in [2.24, 2.45) is 11.8 Å². The molecule has 21 heavy (non-hydrogen) atoms. The first-order valence-corrected chi connectivity index (χ1v) is 8.02. The Balaban J connectivity index is 2.57. The van der Waals surface area contributed by atoms with Gasteiger partial charge in [0.2, 0.25) is 0 Å². The van der Waals surface area contributed by atoms with Gasteiger partial charge in [0.15, 0.2) is 0 Å². The Morgan fingerprint density at radius 2 is 2.05 bits per heavy atom. The maximum absolute atomic E-state index is 5.32. The van der Waals surface area contributed by atoms with Crippen molar-refractivity contribution >= 4 is 0 Å². The molecule has 1 aromatic rings. The molecule has 0 amide bonds. The summed E-state index contributed by atoms with van der Waals surface area (Å²) < 4.78 is 10.4. The first-order valence-electron chi connectivity index (χ1n) is 8.02. The highest BCUT2D eigenvalue weighted by Gasteiger charge is 2.13. The molecule has 0 aliphatic carbocycles. The number of rotatable bonds is 11. The number of benzene rings is 1. The van der Waals surface area contributed by atoms with E-state index in [-0.39, 0.29) is 0 Å². The molecule has 0 aliphatic rings. The molecule has 120 valence electrons. The van der Waals surface area contributed by atoms with E-state index in [4.69, 9.17) is 9.47 Å². The molecular formula is C18H31NO2. The minimum atomic E-state index is 0.656. The molecule has 1 rings (SSSR count). The summed E-state index contributed by atoms with van der Waals surface area (Å²) in [5.74, 6) is 2.37. The van der Waals surface area contributed by atoms with Gasteiger partial charge in [0.1, 0.15) is 5.75 Å². The predicted octanol–water partition coefficient (Wildman–Crippen LogP) is 3.53. The summed E-state index contributed by atoms with van der Waals surface area (Å²) in [7, 11) is 3.47. The van der Waals surface area contributed by atoms with Crippen molar-refractivity contribution in [2.75, 3.05) is 33.9 Å². The molecular weight excluding hydrogens is 262 g/mol. The molecule has 2 unspecified atom stereocenters. The van der Waals surface area contributed by atoms with E-state index in [1.165, 1.54) is 18.4 Å². The van der Waals surface area contributed by atoms with Gasteiger partial charge in [-0.3, -0.25) is 0 Å². The minimum absolute atomic E-state index is 0.656. The molecule has 0 aliphatic heterocycles. The average Bonchev–Trinajstić information content (AvgIpc) is 2.51. The van der Waals surface area contributed by atoms with Gasteiger partial charge >= 0.3 is 0 Å². The van der Waals surface area contributed by atoms with Crippen LogP contribution >= 0.6 is 0 Å². The smallest absolute Gasteiger partial charge is 0.119 e. The molecule has 0 fully saturated rings. The van der Waals surface area contributed by atoms with Gasteiger partial charge in [0, 0.05) is 13.7 Å². The molecule has 1 aromatic carbocycles. The normalized spacial score (nSPS) is 13.9. The van der Waals surface area contributed by atoms with Gasteiger partial charge in [0.05, 0.1) is 13.7 Å². The maximum atomic E-state index is 5.32. The first-order chi connectivity index (χ1) is 10.2. The highest BCUT2D eigenvalue weighted by Crippen LogP contribution is 2.21. The fourth-order valence-corrected chi connectivity index (χ4v) is 2.59. The second-order valence-electron chi connectivity index (χ2n) is 5.87. The van der Waals surface area contributed by atoms with Crippen molar-refractivity contribution in [1.82, 2.24) is 5.32 Å². The van der Waals surface area contributed by atoms with Crippen LogP contribution in [-0.4, -0.2) is 33.9 Å². The summed E-state index contributed by atoms with van der Waals surface area (Å²) in [5.41, 5.74) is 1.36. The molecule has 3 nitrogen and oxygen atoms in total. The fraction of sp³-hybridized carbons (Fsp3) is 0.667. The summed E-state index contributed by atoms with van der Waals surface area (Å²) in [6, 6.07) is 8.43. The van der Waals surface area contributed by atoms with Crippen LogP contribution in [0.5, 0.6) is 5.75 Å². The van der Waals surface area contributed by atoms with E-state index in [1.54, 1.807) is 14.2 Å². The van der Waals surface area contributed by atoms with Crippen molar-refractivity contribution in [3.63, 3.8) is 0 Å². The van der Waals surface area contributed by atoms with Crippen LogP contribution in [0.3, 0.4) is 0 Å². The van der Waals surface area contributed by atoms with Gasteiger partial charge in [-0.05, 0) is 48.9 Å². The number of methoxy groups -OCH3 is 2. The van der Waals surface area contributed by atoms with Crippen LogP contribution in [-0.2, 0) is 11.2 Å². The third-order valence-electron chi connectivity index (χ3n) is 4.01. The molecule has 0 saturated carbocycles. The Morgan fingerprint density at radius 1 is 1.24 bits per heavy atom. The van der Waals surface area contributed by atoms with Crippen LogP contribution in [0, 0.1) is 11.8 Å². The molecule has 1 N–H and O–H groups in total. The van der Waals surface area contributed by atoms with Crippen molar-refractivity contribution in [1.29, 1.82) is 0 Å². The lowest BCUT2D eigenvalue weighted by Crippen LogP contribution is -2.28. The molecule has 0 bridgehead atoms. The van der Waals surface area contributed by atoms with Crippen LogP contribution in [0.15, 0.2) is 24.3 Å². The van der Waals surface area contributed by atoms with Crippen molar-refractivity contribution < 1.29 is 9.47 Å². The minimum Gasteiger partial charge on any atom is -0.497 e. The molecule has 2 atom stereocenters. The summed E-state index contributed by atoms with van der Waals surface area (Å²) in [5, 5.41) is 3.51. The maximum Gasteiger partial charge on any atom is 0.119 e. The average molecular weight is 293 g/mol. The van der Waals surface area contributed by atoms with Gasteiger partial charge in [-0.1, -0.05) is 32.4 Å². The van der Waals surface area contributed by atoms with Crippen LogP contribution in [0.4, 0.5) is 0 Å². The Labute approximate surface area is 130 Å². The lowest BCUT2D eigenvalue weighted by atomic mass is 9.89. The largest absolute Gasteiger partial charge is 0.497 e. The SMILES string of the molecule is CCC(C)CC(CNCCOC)Cc1cccc(OC)c1. The Bertz CT molecular complexity index is 381. The van der Waals surface area contributed by atoms with E-state index in [0.717, 1.165) is 37.8 Å². The van der Waals surface area contributed by atoms with Crippen LogP contribution < -0.4 is 10.1 Å². The number of hydrogen-bond acceptors (Lipinski definition) is 3. The predicted molar refractivity (Wildman–Crippen MR) is 89.0 cm³/mol. The van der Waals surface area contributed by atoms with Gasteiger partial charge < -0.3 is 14.8 Å². The van der Waals surface area contributed by atoms with Gasteiger partial charge in [-0.25, -0.2) is 0 Å². The molecule has 3 heteroatoms. The van der Waals surface area contributed by atoms with Crippen LogP contribution in [0.1, 0.15) is 32.3 Å². The van der Waals surface area contributed by atoms with Gasteiger partial charge in [0.25, 0.3) is 0 Å². The standard InChI is InChI=1S/C18H31NO2/c1-5-15(2)11-17(14-19-9-10-20-3)12-16-7-6-8-18(13-16)21-4/h6-8,13,15,17,19H,5,9-12,14H2,1-4H3. The third kappa shape index (κ3) is 7.49. The van der Waals surface area contributed by atoms with E-state index < -0.39 is 0 Å². The summed E-state index contributed by atoms with van der Waals surface area (Å²) in [6.45, 7) is 7.35. The van der Waals surface area contributed by atoms with Gasteiger partial charge in [-0.2, -0.15) is 0 Å². The van der Waals surface area contributed by atoms with E-state index in [9.17, 15) is 0 Å². The quantitative estimate of drug-likeness (QED) is 0.633. The molecule has 0 aromatic heterocycles. The second kappa shape index (κ2) is 10.6. The zero-order valence-corrected chi connectivity index (χ0v) is 14.0. The van der Waals surface area contributed by atoms with E-state index >= 15 is 0 Å². The van der Waals surface area contributed by atoms with Crippen molar-refractivity contribution in [3.8, 4) is 5.75 Å². The fourth-order valence-electron chi connectivity index (χ4n) is 2.59. The van der Waals surface area contributed by atoms with Crippen LogP contribution in [0.2, 0.25) is 0 Å². The van der Waals surface area contributed by atoms with Crippen molar-refractivity contribution in [2.45, 2.75) is 33.1 Å². The second-order valence-corrected chi connectivity index (χ2v) is 5.87. The van der Waals surface area contributed by atoms with E-state index in [1.807, 2.05) is 6.07 Å². The lowest BCUT2D eigenvalue weighted by Gasteiger charge is -2.21. The molecule has 0 saturated heterocycles. The number of hydrogen-bond donors (Lipinski definition) is 1. The molecule has 0 heterocycles. The Morgan fingerprint density at radius 3 is 2.71 bits per heavy atom. The molecule has 0 spiro atoms. The van der Waals surface area contributed by atoms with Gasteiger partial charge in [-0.15, -0.1) is 0 Å². The topological polar surface area (TPSA) is 30.5 Å².